The summed E-state index contributed by atoms with van der Waals surface area (Å²) in [6, 6.07) is 9.24. The van der Waals surface area contributed by atoms with E-state index in [9.17, 15) is 0 Å². The largest absolute Gasteiger partial charge is 0.381 e. The summed E-state index contributed by atoms with van der Waals surface area (Å²) < 4.78 is 5.52. The highest BCUT2D eigenvalue weighted by atomic mass is 35.5. The van der Waals surface area contributed by atoms with Crippen LogP contribution in [0.25, 0.3) is 0 Å². The Morgan fingerprint density at radius 2 is 1.82 bits per heavy atom. The molecule has 120 valence electrons. The van der Waals surface area contributed by atoms with Gasteiger partial charge in [-0.15, -0.1) is 0 Å². The average molecular weight is 320 g/mol. The van der Waals surface area contributed by atoms with Crippen molar-refractivity contribution in [3.05, 3.63) is 34.9 Å². The summed E-state index contributed by atoms with van der Waals surface area (Å²) >= 11 is 6.07. The number of nitrogens with one attached hydrogen (secondary N) is 1. The number of rotatable bonds is 4. The topological polar surface area (TPSA) is 21.3 Å². The van der Waals surface area contributed by atoms with Crippen LogP contribution in [-0.4, -0.2) is 25.8 Å². The lowest BCUT2D eigenvalue weighted by atomic mass is 9.53. The van der Waals surface area contributed by atoms with Crippen molar-refractivity contribution in [1.82, 2.24) is 5.32 Å². The number of halogens is 1. The fraction of sp³-hybridized carbons (Fsp3) is 0.684. The van der Waals surface area contributed by atoms with Gasteiger partial charge in [-0.1, -0.05) is 36.6 Å². The predicted molar refractivity (Wildman–Crippen MR) is 90.4 cm³/mol. The van der Waals surface area contributed by atoms with Gasteiger partial charge in [0, 0.05) is 30.1 Å². The van der Waals surface area contributed by atoms with Crippen LogP contribution in [0.15, 0.2) is 24.3 Å². The molecule has 0 amide bonds. The monoisotopic (exact) mass is 319 g/mol. The Hall–Kier alpha value is -0.570. The molecule has 1 aliphatic heterocycles. The minimum atomic E-state index is 0.659. The van der Waals surface area contributed by atoms with Crippen LogP contribution in [0, 0.1) is 17.8 Å². The predicted octanol–water partition coefficient (Wildman–Crippen LogP) is 4.24. The Morgan fingerprint density at radius 3 is 2.55 bits per heavy atom. The molecular formula is C19H26ClNO. The Kier molecular flexibility index (Phi) is 4.43. The van der Waals surface area contributed by atoms with Gasteiger partial charge < -0.3 is 10.1 Å². The van der Waals surface area contributed by atoms with E-state index in [0.29, 0.717) is 17.9 Å². The highest BCUT2D eigenvalue weighted by Gasteiger charge is 2.50. The second-order valence-electron chi connectivity index (χ2n) is 7.35. The van der Waals surface area contributed by atoms with Crippen molar-refractivity contribution >= 4 is 11.6 Å². The second kappa shape index (κ2) is 6.51. The molecular weight excluding hydrogens is 294 g/mol. The van der Waals surface area contributed by atoms with Crippen LogP contribution in [0.1, 0.15) is 43.6 Å². The third-order valence-corrected chi connectivity index (χ3v) is 6.36. The Balaban J connectivity index is 1.47. The van der Waals surface area contributed by atoms with Gasteiger partial charge in [0.1, 0.15) is 0 Å². The van der Waals surface area contributed by atoms with E-state index in [1.807, 2.05) is 0 Å². The van der Waals surface area contributed by atoms with E-state index in [4.69, 9.17) is 16.3 Å². The van der Waals surface area contributed by atoms with Crippen LogP contribution in [-0.2, 0) is 4.74 Å². The molecule has 3 aliphatic rings. The Bertz CT molecular complexity index is 497. The lowest BCUT2D eigenvalue weighted by Gasteiger charge is -2.55. The van der Waals surface area contributed by atoms with Crippen molar-refractivity contribution in [2.24, 2.45) is 17.8 Å². The molecule has 2 nitrogen and oxygen atoms in total. The van der Waals surface area contributed by atoms with Gasteiger partial charge in [0.2, 0.25) is 0 Å². The Labute approximate surface area is 138 Å². The van der Waals surface area contributed by atoms with Crippen molar-refractivity contribution < 1.29 is 4.74 Å². The van der Waals surface area contributed by atoms with Crippen molar-refractivity contribution in [2.75, 3.05) is 19.8 Å². The summed E-state index contributed by atoms with van der Waals surface area (Å²) in [4.78, 5) is 0. The molecule has 0 unspecified atom stereocenters. The molecule has 1 aromatic rings. The van der Waals surface area contributed by atoms with Crippen LogP contribution in [0.2, 0.25) is 5.02 Å². The van der Waals surface area contributed by atoms with Crippen molar-refractivity contribution in [2.45, 2.75) is 44.1 Å². The van der Waals surface area contributed by atoms with E-state index in [2.05, 4.69) is 29.6 Å². The van der Waals surface area contributed by atoms with E-state index >= 15 is 0 Å². The molecule has 4 rings (SSSR count). The van der Waals surface area contributed by atoms with Gasteiger partial charge in [-0.05, 0) is 54.7 Å². The molecule has 2 saturated carbocycles. The molecule has 22 heavy (non-hydrogen) atoms. The van der Waals surface area contributed by atoms with Gasteiger partial charge in [-0.25, -0.2) is 0 Å². The molecule has 3 heteroatoms. The van der Waals surface area contributed by atoms with E-state index in [1.54, 1.807) is 0 Å². The number of hydrogen-bond acceptors (Lipinski definition) is 2. The first-order chi connectivity index (χ1) is 10.8. The summed E-state index contributed by atoms with van der Waals surface area (Å²) in [5.41, 5.74) is 1.48. The average Bonchev–Trinajstić information content (AvgIpc) is 3.04. The third-order valence-electron chi connectivity index (χ3n) is 6.11. The van der Waals surface area contributed by atoms with Crippen molar-refractivity contribution in [3.63, 3.8) is 0 Å². The van der Waals surface area contributed by atoms with Crippen LogP contribution in [0.4, 0.5) is 0 Å². The first kappa shape index (κ1) is 15.0. The lowest BCUT2D eigenvalue weighted by molar-refractivity contribution is 0.0240. The first-order valence-electron chi connectivity index (χ1n) is 8.89. The van der Waals surface area contributed by atoms with E-state index in [-0.39, 0.29) is 0 Å². The standard InChI is InChI=1S/C19H26ClNO/c20-15-7-5-14(6-8-15)18-16-3-1-2-4-17(16)19(18)21-11-13-9-10-22-12-13/h5-8,13,16-19,21H,1-4,9-12H2/t13-,16-,17+,18+,19+/m1/s1. The first-order valence-corrected chi connectivity index (χ1v) is 9.27. The van der Waals surface area contributed by atoms with E-state index < -0.39 is 0 Å². The zero-order valence-corrected chi connectivity index (χ0v) is 13.9. The third kappa shape index (κ3) is 2.81. The number of benzene rings is 1. The number of ether oxygens (including phenoxy) is 1. The zero-order chi connectivity index (χ0) is 14.9. The van der Waals surface area contributed by atoms with Gasteiger partial charge in [-0.2, -0.15) is 0 Å². The van der Waals surface area contributed by atoms with Crippen LogP contribution in [0.5, 0.6) is 0 Å². The molecule has 1 saturated heterocycles. The lowest BCUT2D eigenvalue weighted by Crippen LogP contribution is -2.58. The highest BCUT2D eigenvalue weighted by molar-refractivity contribution is 6.30. The summed E-state index contributed by atoms with van der Waals surface area (Å²) in [5, 5.41) is 4.75. The number of hydrogen-bond donors (Lipinski definition) is 1. The van der Waals surface area contributed by atoms with E-state index in [1.165, 1.54) is 37.7 Å². The molecule has 5 atom stereocenters. The Morgan fingerprint density at radius 1 is 1.05 bits per heavy atom. The molecule has 0 radical (unpaired) electrons. The molecule has 0 aromatic heterocycles. The molecule has 1 aromatic carbocycles. The molecule has 2 aliphatic carbocycles. The molecule has 0 spiro atoms. The maximum Gasteiger partial charge on any atom is 0.0507 e. The quantitative estimate of drug-likeness (QED) is 0.896. The van der Waals surface area contributed by atoms with Crippen LogP contribution < -0.4 is 5.32 Å². The summed E-state index contributed by atoms with van der Waals surface area (Å²) in [6.45, 7) is 3.01. The molecule has 1 heterocycles. The maximum atomic E-state index is 6.07. The second-order valence-corrected chi connectivity index (χ2v) is 7.79. The van der Waals surface area contributed by atoms with Gasteiger partial charge in [0.25, 0.3) is 0 Å². The maximum absolute atomic E-state index is 6.07. The smallest absolute Gasteiger partial charge is 0.0507 e. The van der Waals surface area contributed by atoms with Gasteiger partial charge in [-0.3, -0.25) is 0 Å². The molecule has 1 N–H and O–H groups in total. The van der Waals surface area contributed by atoms with Gasteiger partial charge in [0.15, 0.2) is 0 Å². The normalized spacial score (nSPS) is 37.6. The number of fused-ring (bicyclic) bond motifs is 1. The SMILES string of the molecule is Clc1ccc([C@H]2[C@@H]3CCCC[C@@H]3[C@@H]2NC[C@H]2CCOC2)cc1. The fourth-order valence-electron chi connectivity index (χ4n) is 4.93. The van der Waals surface area contributed by atoms with Crippen molar-refractivity contribution in [1.29, 1.82) is 0 Å². The van der Waals surface area contributed by atoms with E-state index in [0.717, 1.165) is 36.6 Å². The minimum absolute atomic E-state index is 0.659. The fourth-order valence-corrected chi connectivity index (χ4v) is 5.06. The zero-order valence-electron chi connectivity index (χ0n) is 13.1. The minimum Gasteiger partial charge on any atom is -0.381 e. The summed E-state index contributed by atoms with van der Waals surface area (Å²) in [7, 11) is 0. The summed E-state index contributed by atoms with van der Waals surface area (Å²) in [5.74, 6) is 3.17. The van der Waals surface area contributed by atoms with Gasteiger partial charge >= 0.3 is 0 Å². The molecule has 0 bridgehead atoms. The highest BCUT2D eigenvalue weighted by Crippen LogP contribution is 2.54. The summed E-state index contributed by atoms with van der Waals surface area (Å²) in [6.07, 6.45) is 6.86. The van der Waals surface area contributed by atoms with Crippen molar-refractivity contribution in [3.8, 4) is 0 Å². The van der Waals surface area contributed by atoms with Crippen LogP contribution >= 0.6 is 11.6 Å². The molecule has 3 fully saturated rings. The van der Waals surface area contributed by atoms with Gasteiger partial charge in [0.05, 0.1) is 6.61 Å². The van der Waals surface area contributed by atoms with Crippen LogP contribution in [0.3, 0.4) is 0 Å².